The molecule has 0 aliphatic rings. The first-order valence-electron chi connectivity index (χ1n) is 5.94. The molecule has 8 heteroatoms. The van der Waals surface area contributed by atoms with Crippen LogP contribution in [0.15, 0.2) is 45.8 Å². The molecule has 0 fully saturated rings. The summed E-state index contributed by atoms with van der Waals surface area (Å²) in [5.74, 6) is -2.01. The Labute approximate surface area is 134 Å². The maximum Gasteiger partial charge on any atom is 0.256 e. The molecule has 0 aliphatic heterocycles. The topological polar surface area (TPSA) is 63.2 Å². The minimum absolute atomic E-state index is 0.0885. The summed E-state index contributed by atoms with van der Waals surface area (Å²) in [4.78, 5) is 12.0. The highest BCUT2D eigenvalue weighted by molar-refractivity contribution is 9.10. The van der Waals surface area contributed by atoms with Crippen molar-refractivity contribution in [3.63, 3.8) is 0 Å². The summed E-state index contributed by atoms with van der Waals surface area (Å²) in [7, 11) is -3.53. The van der Waals surface area contributed by atoms with E-state index >= 15 is 0 Å². The number of sulfone groups is 1. The van der Waals surface area contributed by atoms with E-state index in [1.807, 2.05) is 0 Å². The monoisotopic (exact) mass is 389 g/mol. The van der Waals surface area contributed by atoms with Crippen molar-refractivity contribution in [3.8, 4) is 0 Å². The average Bonchev–Trinajstić information content (AvgIpc) is 2.39. The Hall–Kier alpha value is -1.80. The minimum Gasteiger partial charge on any atom is -0.319 e. The van der Waals surface area contributed by atoms with E-state index in [-0.39, 0.29) is 20.6 Å². The molecule has 0 aromatic heterocycles. The van der Waals surface area contributed by atoms with Gasteiger partial charge in [-0.25, -0.2) is 17.2 Å². The van der Waals surface area contributed by atoms with Crippen molar-refractivity contribution in [3.05, 3.63) is 58.1 Å². The molecule has 0 unspecified atom stereocenters. The third kappa shape index (κ3) is 3.69. The van der Waals surface area contributed by atoms with Crippen molar-refractivity contribution >= 4 is 37.4 Å². The Morgan fingerprint density at radius 1 is 1.14 bits per heavy atom. The smallest absolute Gasteiger partial charge is 0.256 e. The van der Waals surface area contributed by atoms with Crippen molar-refractivity contribution in [1.82, 2.24) is 0 Å². The molecule has 0 saturated carbocycles. The fraction of sp³-hybridized carbons (Fsp3) is 0.0714. The van der Waals surface area contributed by atoms with Gasteiger partial charge in [0, 0.05) is 10.7 Å². The summed E-state index contributed by atoms with van der Waals surface area (Å²) >= 11 is 3.04. The van der Waals surface area contributed by atoms with Gasteiger partial charge in [-0.2, -0.15) is 0 Å². The lowest BCUT2D eigenvalue weighted by atomic mass is 10.2. The third-order valence-electron chi connectivity index (χ3n) is 2.79. The highest BCUT2D eigenvalue weighted by atomic mass is 79.9. The highest BCUT2D eigenvalue weighted by Gasteiger charge is 2.16. The maximum atomic E-state index is 13.7. The number of anilines is 1. The summed E-state index contributed by atoms with van der Waals surface area (Å²) in [6, 6.07) is 6.49. The zero-order valence-electron chi connectivity index (χ0n) is 11.2. The molecule has 0 radical (unpaired) electrons. The first-order chi connectivity index (χ1) is 10.2. The van der Waals surface area contributed by atoms with Crippen molar-refractivity contribution in [2.24, 2.45) is 0 Å². The van der Waals surface area contributed by atoms with Gasteiger partial charge in [-0.3, -0.25) is 4.79 Å². The van der Waals surface area contributed by atoms with E-state index in [4.69, 9.17) is 0 Å². The number of hydrogen-bond acceptors (Lipinski definition) is 3. The second kappa shape index (κ2) is 6.13. The molecule has 0 spiro atoms. The molecule has 0 heterocycles. The van der Waals surface area contributed by atoms with Crippen LogP contribution < -0.4 is 5.32 Å². The predicted molar refractivity (Wildman–Crippen MR) is 81.6 cm³/mol. The number of carbonyl (C=O) groups excluding carboxylic acids is 1. The molecule has 22 heavy (non-hydrogen) atoms. The second-order valence-corrected chi connectivity index (χ2v) is 7.36. The van der Waals surface area contributed by atoms with E-state index in [1.54, 1.807) is 0 Å². The van der Waals surface area contributed by atoms with Gasteiger partial charge in [0.05, 0.1) is 16.1 Å². The zero-order chi connectivity index (χ0) is 16.5. The van der Waals surface area contributed by atoms with E-state index in [0.29, 0.717) is 0 Å². The van der Waals surface area contributed by atoms with Gasteiger partial charge in [0.15, 0.2) is 9.84 Å². The van der Waals surface area contributed by atoms with Crippen LogP contribution in [-0.2, 0) is 9.84 Å². The molecule has 0 aliphatic carbocycles. The number of benzene rings is 2. The van der Waals surface area contributed by atoms with E-state index in [1.165, 1.54) is 6.07 Å². The van der Waals surface area contributed by atoms with Crippen molar-refractivity contribution in [1.29, 1.82) is 0 Å². The van der Waals surface area contributed by atoms with Crippen LogP contribution in [0.25, 0.3) is 0 Å². The number of nitrogens with one attached hydrogen (secondary N) is 1. The lowest BCUT2D eigenvalue weighted by molar-refractivity contribution is 0.102. The highest BCUT2D eigenvalue weighted by Crippen LogP contribution is 2.23. The van der Waals surface area contributed by atoms with Crippen LogP contribution in [0.3, 0.4) is 0 Å². The molecule has 116 valence electrons. The Morgan fingerprint density at radius 3 is 2.41 bits per heavy atom. The first kappa shape index (κ1) is 16.6. The van der Waals surface area contributed by atoms with Gasteiger partial charge in [0.1, 0.15) is 11.6 Å². The first-order valence-corrected chi connectivity index (χ1v) is 8.63. The molecule has 2 aromatic rings. The van der Waals surface area contributed by atoms with E-state index in [2.05, 4.69) is 21.2 Å². The summed E-state index contributed by atoms with van der Waals surface area (Å²) in [6.45, 7) is 0. The molecule has 0 saturated heterocycles. The van der Waals surface area contributed by atoms with E-state index in [9.17, 15) is 22.0 Å². The number of hydrogen-bond donors (Lipinski definition) is 1. The number of rotatable bonds is 3. The molecule has 4 nitrogen and oxygen atoms in total. The third-order valence-corrected chi connectivity index (χ3v) is 4.56. The number of halogens is 3. The fourth-order valence-electron chi connectivity index (χ4n) is 1.69. The van der Waals surface area contributed by atoms with Crippen molar-refractivity contribution in [2.45, 2.75) is 4.90 Å². The van der Waals surface area contributed by atoms with Crippen LogP contribution in [0.1, 0.15) is 10.4 Å². The van der Waals surface area contributed by atoms with E-state index in [0.717, 1.165) is 36.6 Å². The molecule has 2 aromatic carbocycles. The van der Waals surface area contributed by atoms with Crippen molar-refractivity contribution in [2.75, 3.05) is 11.6 Å². The molecule has 0 atom stereocenters. The molecule has 1 amide bonds. The van der Waals surface area contributed by atoms with Gasteiger partial charge in [0.2, 0.25) is 0 Å². The van der Waals surface area contributed by atoms with Crippen LogP contribution in [0.2, 0.25) is 0 Å². The predicted octanol–water partition coefficient (Wildman–Crippen LogP) is 3.38. The van der Waals surface area contributed by atoms with Crippen LogP contribution in [0.4, 0.5) is 14.5 Å². The number of carbonyl (C=O) groups is 1. The lowest BCUT2D eigenvalue weighted by Gasteiger charge is -2.09. The Bertz CT molecular complexity index is 853. The summed E-state index contributed by atoms with van der Waals surface area (Å²) in [5.41, 5.74) is -0.185. The van der Waals surface area contributed by atoms with Crippen molar-refractivity contribution < 1.29 is 22.0 Å². The summed E-state index contributed by atoms with van der Waals surface area (Å²) in [5, 5.41) is 2.27. The lowest BCUT2D eigenvalue weighted by Crippen LogP contribution is -2.14. The standard InChI is InChI=1S/C14H10BrF2NO3S/c1-22(20,21)9-3-5-12(17)13(7-9)18-14(19)10-4-2-8(16)6-11(10)15/h2-7H,1H3,(H,18,19). The van der Waals surface area contributed by atoms with Gasteiger partial charge >= 0.3 is 0 Å². The Kier molecular flexibility index (Phi) is 4.62. The summed E-state index contributed by atoms with van der Waals surface area (Å²) in [6.07, 6.45) is 0.975. The second-order valence-electron chi connectivity index (χ2n) is 4.49. The fourth-order valence-corrected chi connectivity index (χ4v) is 2.87. The SMILES string of the molecule is CS(=O)(=O)c1ccc(F)c(NC(=O)c2ccc(F)cc2Br)c1. The zero-order valence-corrected chi connectivity index (χ0v) is 13.6. The van der Waals surface area contributed by atoms with Gasteiger partial charge in [0.25, 0.3) is 5.91 Å². The van der Waals surface area contributed by atoms with Crippen LogP contribution in [0.5, 0.6) is 0 Å². The van der Waals surface area contributed by atoms with Gasteiger partial charge in [-0.05, 0) is 52.3 Å². The van der Waals surface area contributed by atoms with Gasteiger partial charge < -0.3 is 5.32 Å². The molecule has 0 bridgehead atoms. The maximum absolute atomic E-state index is 13.7. The van der Waals surface area contributed by atoms with Gasteiger partial charge in [-0.15, -0.1) is 0 Å². The van der Waals surface area contributed by atoms with Gasteiger partial charge in [-0.1, -0.05) is 0 Å². The molecule has 2 rings (SSSR count). The Morgan fingerprint density at radius 2 is 1.82 bits per heavy atom. The van der Waals surface area contributed by atoms with Crippen LogP contribution in [-0.4, -0.2) is 20.6 Å². The van der Waals surface area contributed by atoms with E-state index < -0.39 is 27.4 Å². The van der Waals surface area contributed by atoms with Crippen LogP contribution >= 0.6 is 15.9 Å². The average molecular weight is 390 g/mol. The largest absolute Gasteiger partial charge is 0.319 e. The Balaban J connectivity index is 2.36. The minimum atomic E-state index is -3.53. The molecular weight excluding hydrogens is 380 g/mol. The quantitative estimate of drug-likeness (QED) is 0.818. The van der Waals surface area contributed by atoms with Crippen LogP contribution in [0, 0.1) is 11.6 Å². The summed E-state index contributed by atoms with van der Waals surface area (Å²) < 4.78 is 49.8. The number of amides is 1. The normalized spacial score (nSPS) is 11.3. The molecular formula is C14H10BrF2NO3S. The molecule has 1 N–H and O–H groups in total.